The van der Waals surface area contributed by atoms with E-state index in [9.17, 15) is 22.4 Å². The van der Waals surface area contributed by atoms with Gasteiger partial charge in [0.25, 0.3) is 0 Å². The summed E-state index contributed by atoms with van der Waals surface area (Å²) in [7, 11) is -3.51. The Morgan fingerprint density at radius 2 is 1.71 bits per heavy atom. The van der Waals surface area contributed by atoms with Crippen LogP contribution in [0.25, 0.3) is 11.1 Å². The van der Waals surface area contributed by atoms with Gasteiger partial charge in [0.15, 0.2) is 9.84 Å². The highest BCUT2D eigenvalue weighted by Gasteiger charge is 2.34. The Balaban J connectivity index is 1.49. The number of carbonyl (C=O) groups excluding carboxylic acids is 2. The summed E-state index contributed by atoms with van der Waals surface area (Å²) in [4.78, 5) is 27.2. The largest absolute Gasteiger partial charge is 0.322 e. The normalized spacial score (nSPS) is 15.6. The SMILES string of the molecule is Cc1ccc(NC(=O)N2CCC[C@@H]2C(=O)Nc2ccc(-c3ccccc3S(C)(=O)=O)cc2F)cc1. The second-order valence-electron chi connectivity index (χ2n) is 8.60. The first kappa shape index (κ1) is 24.4. The number of hydrogen-bond acceptors (Lipinski definition) is 4. The van der Waals surface area contributed by atoms with E-state index in [1.54, 1.807) is 36.4 Å². The topological polar surface area (TPSA) is 95.6 Å². The Labute approximate surface area is 203 Å². The molecule has 0 unspecified atom stereocenters. The predicted octanol–water partition coefficient (Wildman–Crippen LogP) is 4.84. The molecule has 0 bridgehead atoms. The third kappa shape index (κ3) is 5.51. The number of urea groups is 1. The Morgan fingerprint density at radius 1 is 1.00 bits per heavy atom. The van der Waals surface area contributed by atoms with E-state index in [1.807, 2.05) is 19.1 Å². The first-order valence-electron chi connectivity index (χ1n) is 11.2. The van der Waals surface area contributed by atoms with Crippen molar-refractivity contribution in [1.29, 1.82) is 0 Å². The number of nitrogens with one attached hydrogen (secondary N) is 2. The van der Waals surface area contributed by atoms with E-state index in [1.165, 1.54) is 23.1 Å². The fraction of sp³-hybridized carbons (Fsp3) is 0.231. The van der Waals surface area contributed by atoms with E-state index in [4.69, 9.17) is 0 Å². The summed E-state index contributed by atoms with van der Waals surface area (Å²) in [5.74, 6) is -1.18. The number of sulfone groups is 1. The van der Waals surface area contributed by atoms with Crippen LogP contribution in [0.15, 0.2) is 71.6 Å². The van der Waals surface area contributed by atoms with Gasteiger partial charge in [0.05, 0.1) is 10.6 Å². The molecule has 1 fully saturated rings. The molecule has 0 aromatic heterocycles. The molecule has 0 spiro atoms. The smallest absolute Gasteiger partial charge is 0.322 e. The first-order valence-corrected chi connectivity index (χ1v) is 13.1. The third-order valence-electron chi connectivity index (χ3n) is 5.94. The molecule has 4 rings (SSSR count). The van der Waals surface area contributed by atoms with Crippen molar-refractivity contribution >= 4 is 33.2 Å². The summed E-state index contributed by atoms with van der Waals surface area (Å²) in [6.07, 6.45) is 2.22. The minimum absolute atomic E-state index is 0.0404. The van der Waals surface area contributed by atoms with E-state index < -0.39 is 27.6 Å². The number of halogens is 1. The molecule has 0 aliphatic carbocycles. The van der Waals surface area contributed by atoms with Gasteiger partial charge in [-0.1, -0.05) is 42.0 Å². The lowest BCUT2D eigenvalue weighted by atomic mass is 10.0. The van der Waals surface area contributed by atoms with Crippen molar-refractivity contribution in [2.45, 2.75) is 30.7 Å². The van der Waals surface area contributed by atoms with Gasteiger partial charge in [-0.3, -0.25) is 4.79 Å². The van der Waals surface area contributed by atoms with E-state index in [0.717, 1.165) is 11.8 Å². The zero-order valence-corrected chi connectivity index (χ0v) is 20.2. The fourth-order valence-corrected chi connectivity index (χ4v) is 5.05. The quantitative estimate of drug-likeness (QED) is 0.530. The summed E-state index contributed by atoms with van der Waals surface area (Å²) in [5, 5.41) is 5.38. The highest BCUT2D eigenvalue weighted by Crippen LogP contribution is 2.30. The van der Waals surface area contributed by atoms with Gasteiger partial charge in [-0.05, 0) is 55.7 Å². The van der Waals surface area contributed by atoms with Crippen LogP contribution < -0.4 is 10.6 Å². The average Bonchev–Trinajstić information content (AvgIpc) is 3.32. The van der Waals surface area contributed by atoms with E-state index in [0.29, 0.717) is 36.2 Å². The molecule has 3 amide bonds. The standard InChI is InChI=1S/C26H26FN3O4S/c1-17-9-12-19(13-10-17)28-26(32)30-15-5-7-23(30)25(31)29-22-14-11-18(16-21(22)27)20-6-3-4-8-24(20)35(2,33)34/h3-4,6,8-14,16,23H,5,7,15H2,1-2H3,(H,28,32)(H,29,31)/t23-/m1/s1. The Morgan fingerprint density at radius 3 is 2.40 bits per heavy atom. The molecule has 0 radical (unpaired) electrons. The van der Waals surface area contributed by atoms with Gasteiger partial charge in [0.1, 0.15) is 11.9 Å². The van der Waals surface area contributed by atoms with Crippen LogP contribution in [0.2, 0.25) is 0 Å². The second-order valence-corrected chi connectivity index (χ2v) is 10.6. The van der Waals surface area contributed by atoms with Gasteiger partial charge in [-0.2, -0.15) is 0 Å². The van der Waals surface area contributed by atoms with Gasteiger partial charge in [0.2, 0.25) is 5.91 Å². The second kappa shape index (κ2) is 9.87. The Hall–Kier alpha value is -3.72. The average molecular weight is 496 g/mol. The maximum atomic E-state index is 14.9. The molecule has 0 saturated carbocycles. The minimum atomic E-state index is -3.51. The summed E-state index contributed by atoms with van der Waals surface area (Å²) in [6, 6.07) is 16.7. The monoisotopic (exact) mass is 495 g/mol. The van der Waals surface area contributed by atoms with Crippen molar-refractivity contribution in [3.05, 3.63) is 78.1 Å². The highest BCUT2D eigenvalue weighted by molar-refractivity contribution is 7.90. The van der Waals surface area contributed by atoms with Crippen molar-refractivity contribution in [3.8, 4) is 11.1 Å². The minimum Gasteiger partial charge on any atom is -0.322 e. The number of nitrogens with zero attached hydrogens (tertiary/aromatic N) is 1. The van der Waals surface area contributed by atoms with Crippen LogP contribution in [0.3, 0.4) is 0 Å². The Bertz CT molecular complexity index is 1370. The Kier molecular flexibility index (Phi) is 6.88. The van der Waals surface area contributed by atoms with Gasteiger partial charge < -0.3 is 15.5 Å². The predicted molar refractivity (Wildman–Crippen MR) is 134 cm³/mol. The van der Waals surface area contributed by atoms with E-state index in [2.05, 4.69) is 10.6 Å². The van der Waals surface area contributed by atoms with Crippen molar-refractivity contribution in [2.75, 3.05) is 23.4 Å². The van der Waals surface area contributed by atoms with Crippen LogP contribution in [-0.4, -0.2) is 44.1 Å². The van der Waals surface area contributed by atoms with Crippen LogP contribution in [0.1, 0.15) is 18.4 Å². The molecule has 1 atom stereocenters. The van der Waals surface area contributed by atoms with Crippen molar-refractivity contribution < 1.29 is 22.4 Å². The van der Waals surface area contributed by atoms with Gasteiger partial charge in [-0.25, -0.2) is 17.6 Å². The summed E-state index contributed by atoms with van der Waals surface area (Å²) >= 11 is 0. The summed E-state index contributed by atoms with van der Waals surface area (Å²) in [6.45, 7) is 2.36. The van der Waals surface area contributed by atoms with Gasteiger partial charge in [-0.15, -0.1) is 0 Å². The highest BCUT2D eigenvalue weighted by atomic mass is 32.2. The van der Waals surface area contributed by atoms with Crippen LogP contribution in [0.5, 0.6) is 0 Å². The lowest BCUT2D eigenvalue weighted by Gasteiger charge is -2.24. The molecule has 2 N–H and O–H groups in total. The molecular weight excluding hydrogens is 469 g/mol. The lowest BCUT2D eigenvalue weighted by Crippen LogP contribution is -2.45. The summed E-state index contributed by atoms with van der Waals surface area (Å²) in [5.41, 5.74) is 2.40. The molecule has 1 heterocycles. The third-order valence-corrected chi connectivity index (χ3v) is 7.10. The molecule has 3 aromatic rings. The van der Waals surface area contributed by atoms with Crippen molar-refractivity contribution in [2.24, 2.45) is 0 Å². The van der Waals surface area contributed by atoms with Crippen LogP contribution in [-0.2, 0) is 14.6 Å². The number of carbonyl (C=O) groups is 2. The number of anilines is 2. The number of aryl methyl sites for hydroxylation is 1. The molecule has 1 aliphatic heterocycles. The number of hydrogen-bond donors (Lipinski definition) is 2. The van der Waals surface area contributed by atoms with Gasteiger partial charge >= 0.3 is 6.03 Å². The zero-order chi connectivity index (χ0) is 25.2. The maximum absolute atomic E-state index is 14.9. The lowest BCUT2D eigenvalue weighted by molar-refractivity contribution is -0.119. The first-order chi connectivity index (χ1) is 16.6. The fourth-order valence-electron chi connectivity index (χ4n) is 4.14. The number of likely N-dealkylation sites (tertiary alicyclic amines) is 1. The maximum Gasteiger partial charge on any atom is 0.322 e. The van der Waals surface area contributed by atoms with Crippen molar-refractivity contribution in [1.82, 2.24) is 4.90 Å². The molecule has 182 valence electrons. The van der Waals surface area contributed by atoms with E-state index in [-0.39, 0.29) is 16.6 Å². The van der Waals surface area contributed by atoms with Crippen LogP contribution in [0, 0.1) is 12.7 Å². The van der Waals surface area contributed by atoms with E-state index >= 15 is 0 Å². The number of rotatable bonds is 5. The summed E-state index contributed by atoms with van der Waals surface area (Å²) < 4.78 is 39.1. The van der Waals surface area contributed by atoms with Crippen LogP contribution in [0.4, 0.5) is 20.6 Å². The molecule has 1 aliphatic rings. The van der Waals surface area contributed by atoms with Crippen LogP contribution >= 0.6 is 0 Å². The van der Waals surface area contributed by atoms with Gasteiger partial charge in [0, 0.05) is 24.1 Å². The molecule has 9 heteroatoms. The van der Waals surface area contributed by atoms with Crippen molar-refractivity contribution in [3.63, 3.8) is 0 Å². The number of amides is 3. The molecule has 35 heavy (non-hydrogen) atoms. The molecule has 7 nitrogen and oxygen atoms in total. The molecule has 3 aromatic carbocycles. The number of benzene rings is 3. The zero-order valence-electron chi connectivity index (χ0n) is 19.4. The molecular formula is C26H26FN3O4S. The molecule has 1 saturated heterocycles.